The Labute approximate surface area is 123 Å². The fourth-order valence-electron chi connectivity index (χ4n) is 2.53. The third-order valence-electron chi connectivity index (χ3n) is 4.05. The molecular weight excluding hydrogens is 256 g/mol. The van der Waals surface area contributed by atoms with Crippen LogP contribution in [0.4, 0.5) is 0 Å². The van der Waals surface area contributed by atoms with Gasteiger partial charge in [0.1, 0.15) is 0 Å². The number of ether oxygens (including phenoxy) is 1. The minimum Gasteiger partial charge on any atom is -0.466 e. The van der Waals surface area contributed by atoms with Crippen LogP contribution in [-0.2, 0) is 9.53 Å². The SMILES string of the molecule is CCCC[C@](O)(CC)C[C@@H](CC)[C@@H](O)CC(=O)OCC. The molecule has 0 heterocycles. The monoisotopic (exact) mass is 288 g/mol. The van der Waals surface area contributed by atoms with E-state index in [0.717, 1.165) is 25.7 Å². The van der Waals surface area contributed by atoms with Crippen molar-refractivity contribution < 1.29 is 19.7 Å². The van der Waals surface area contributed by atoms with Crippen molar-refractivity contribution in [1.82, 2.24) is 0 Å². The molecule has 20 heavy (non-hydrogen) atoms. The zero-order chi connectivity index (χ0) is 15.6. The van der Waals surface area contributed by atoms with E-state index in [1.54, 1.807) is 6.92 Å². The van der Waals surface area contributed by atoms with E-state index in [4.69, 9.17) is 4.74 Å². The minimum absolute atomic E-state index is 0.0138. The van der Waals surface area contributed by atoms with Gasteiger partial charge in [-0.25, -0.2) is 0 Å². The molecule has 0 rings (SSSR count). The summed E-state index contributed by atoms with van der Waals surface area (Å²) in [7, 11) is 0. The second-order valence-electron chi connectivity index (χ2n) is 5.63. The lowest BCUT2D eigenvalue weighted by Crippen LogP contribution is -2.35. The van der Waals surface area contributed by atoms with Crippen LogP contribution in [0.3, 0.4) is 0 Å². The van der Waals surface area contributed by atoms with Crippen LogP contribution in [0.2, 0.25) is 0 Å². The van der Waals surface area contributed by atoms with Gasteiger partial charge in [0.05, 0.1) is 24.7 Å². The molecule has 0 aliphatic carbocycles. The number of carbonyl (C=O) groups excluding carboxylic acids is 1. The molecule has 4 heteroatoms. The molecule has 0 aromatic rings. The van der Waals surface area contributed by atoms with Gasteiger partial charge in [-0.2, -0.15) is 0 Å². The molecule has 0 aliphatic rings. The number of rotatable bonds is 11. The van der Waals surface area contributed by atoms with Gasteiger partial charge in [-0.15, -0.1) is 0 Å². The van der Waals surface area contributed by atoms with E-state index < -0.39 is 11.7 Å². The molecule has 0 radical (unpaired) electrons. The first-order valence-corrected chi connectivity index (χ1v) is 7.98. The number of carbonyl (C=O) groups is 1. The van der Waals surface area contributed by atoms with Crippen LogP contribution >= 0.6 is 0 Å². The Hall–Kier alpha value is -0.610. The highest BCUT2D eigenvalue weighted by Gasteiger charge is 2.31. The molecular formula is C16H32O4. The lowest BCUT2D eigenvalue weighted by atomic mass is 9.80. The first kappa shape index (κ1) is 19.4. The van der Waals surface area contributed by atoms with Crippen molar-refractivity contribution in [3.63, 3.8) is 0 Å². The van der Waals surface area contributed by atoms with Crippen molar-refractivity contribution in [2.24, 2.45) is 5.92 Å². The number of aliphatic hydroxyl groups is 2. The summed E-state index contributed by atoms with van der Waals surface area (Å²) < 4.78 is 4.87. The Morgan fingerprint density at radius 2 is 1.90 bits per heavy atom. The maximum atomic E-state index is 11.4. The summed E-state index contributed by atoms with van der Waals surface area (Å²) in [6.07, 6.45) is 4.02. The molecule has 120 valence electrons. The summed E-state index contributed by atoms with van der Waals surface area (Å²) in [5.74, 6) is -0.437. The van der Waals surface area contributed by atoms with E-state index in [9.17, 15) is 15.0 Å². The molecule has 0 saturated heterocycles. The summed E-state index contributed by atoms with van der Waals surface area (Å²) >= 11 is 0. The van der Waals surface area contributed by atoms with E-state index in [2.05, 4.69) is 6.92 Å². The van der Waals surface area contributed by atoms with E-state index in [-0.39, 0.29) is 18.3 Å². The van der Waals surface area contributed by atoms with Crippen LogP contribution in [-0.4, -0.2) is 34.5 Å². The Bertz CT molecular complexity index is 267. The average Bonchev–Trinajstić information content (AvgIpc) is 2.42. The zero-order valence-electron chi connectivity index (χ0n) is 13.5. The van der Waals surface area contributed by atoms with Crippen molar-refractivity contribution in [1.29, 1.82) is 0 Å². The molecule has 3 atom stereocenters. The average molecular weight is 288 g/mol. The van der Waals surface area contributed by atoms with Crippen LogP contribution in [0.5, 0.6) is 0 Å². The Balaban J connectivity index is 4.52. The highest BCUT2D eigenvalue weighted by Crippen LogP contribution is 2.30. The molecule has 2 N–H and O–H groups in total. The molecule has 0 bridgehead atoms. The summed E-state index contributed by atoms with van der Waals surface area (Å²) in [6.45, 7) is 8.14. The minimum atomic E-state index is -0.737. The summed E-state index contributed by atoms with van der Waals surface area (Å²) in [4.78, 5) is 11.4. The molecule has 0 spiro atoms. The van der Waals surface area contributed by atoms with Gasteiger partial charge in [0, 0.05) is 0 Å². The number of hydrogen-bond donors (Lipinski definition) is 2. The van der Waals surface area contributed by atoms with Crippen LogP contribution < -0.4 is 0 Å². The van der Waals surface area contributed by atoms with E-state index in [1.807, 2.05) is 13.8 Å². The quantitative estimate of drug-likeness (QED) is 0.573. The molecule has 0 aliphatic heterocycles. The van der Waals surface area contributed by atoms with Crippen LogP contribution in [0.25, 0.3) is 0 Å². The Morgan fingerprint density at radius 3 is 2.35 bits per heavy atom. The van der Waals surface area contributed by atoms with E-state index >= 15 is 0 Å². The van der Waals surface area contributed by atoms with Gasteiger partial charge in [0.15, 0.2) is 0 Å². The topological polar surface area (TPSA) is 66.8 Å². The summed E-state index contributed by atoms with van der Waals surface area (Å²) in [6, 6.07) is 0. The van der Waals surface area contributed by atoms with Crippen LogP contribution in [0.15, 0.2) is 0 Å². The van der Waals surface area contributed by atoms with Gasteiger partial charge in [-0.05, 0) is 32.1 Å². The standard InChI is InChI=1S/C16H32O4/c1-5-9-10-16(19,7-3)12-13(6-2)14(17)11-15(18)20-8-4/h13-14,17,19H,5-12H2,1-4H3/t13-,14+,16-/m1/s1. The second kappa shape index (κ2) is 10.2. The summed E-state index contributed by atoms with van der Waals surface area (Å²) in [5, 5.41) is 20.8. The largest absolute Gasteiger partial charge is 0.466 e. The maximum absolute atomic E-state index is 11.4. The summed E-state index contributed by atoms with van der Waals surface area (Å²) in [5.41, 5.74) is -0.730. The van der Waals surface area contributed by atoms with Crippen molar-refractivity contribution in [3.05, 3.63) is 0 Å². The first-order valence-electron chi connectivity index (χ1n) is 7.98. The van der Waals surface area contributed by atoms with E-state index in [0.29, 0.717) is 19.4 Å². The Kier molecular flexibility index (Phi) is 9.86. The molecule has 0 aromatic carbocycles. The molecule has 0 fully saturated rings. The van der Waals surface area contributed by atoms with Gasteiger partial charge < -0.3 is 14.9 Å². The highest BCUT2D eigenvalue weighted by molar-refractivity contribution is 5.69. The van der Waals surface area contributed by atoms with Gasteiger partial charge in [0.2, 0.25) is 0 Å². The third kappa shape index (κ3) is 7.25. The molecule has 0 unspecified atom stereocenters. The number of esters is 1. The van der Waals surface area contributed by atoms with Crippen molar-refractivity contribution in [2.75, 3.05) is 6.61 Å². The van der Waals surface area contributed by atoms with Crippen LogP contribution in [0, 0.1) is 5.92 Å². The van der Waals surface area contributed by atoms with Crippen molar-refractivity contribution in [3.8, 4) is 0 Å². The molecule has 0 saturated carbocycles. The van der Waals surface area contributed by atoms with E-state index in [1.165, 1.54) is 0 Å². The predicted octanol–water partition coefficient (Wildman–Crippen LogP) is 3.05. The molecule has 4 nitrogen and oxygen atoms in total. The zero-order valence-corrected chi connectivity index (χ0v) is 13.5. The highest BCUT2D eigenvalue weighted by atomic mass is 16.5. The predicted molar refractivity (Wildman–Crippen MR) is 80.4 cm³/mol. The number of unbranched alkanes of at least 4 members (excludes halogenated alkanes) is 1. The smallest absolute Gasteiger partial charge is 0.308 e. The van der Waals surface area contributed by atoms with Gasteiger partial charge in [-0.3, -0.25) is 4.79 Å². The van der Waals surface area contributed by atoms with Gasteiger partial charge in [-0.1, -0.05) is 40.0 Å². The van der Waals surface area contributed by atoms with Gasteiger partial charge >= 0.3 is 5.97 Å². The molecule has 0 amide bonds. The van der Waals surface area contributed by atoms with Crippen molar-refractivity contribution in [2.45, 2.75) is 84.3 Å². The Morgan fingerprint density at radius 1 is 1.25 bits per heavy atom. The fourth-order valence-corrected chi connectivity index (χ4v) is 2.53. The first-order chi connectivity index (χ1) is 9.42. The lowest BCUT2D eigenvalue weighted by molar-refractivity contribution is -0.146. The molecule has 0 aromatic heterocycles. The van der Waals surface area contributed by atoms with Crippen molar-refractivity contribution >= 4 is 5.97 Å². The fraction of sp³-hybridized carbons (Fsp3) is 0.938. The number of aliphatic hydroxyl groups excluding tert-OH is 1. The van der Waals surface area contributed by atoms with Crippen LogP contribution in [0.1, 0.15) is 72.6 Å². The van der Waals surface area contributed by atoms with Gasteiger partial charge in [0.25, 0.3) is 0 Å². The third-order valence-corrected chi connectivity index (χ3v) is 4.05. The second-order valence-corrected chi connectivity index (χ2v) is 5.63. The number of hydrogen-bond acceptors (Lipinski definition) is 4. The lowest BCUT2D eigenvalue weighted by Gasteiger charge is -2.33. The normalized spacial score (nSPS) is 17.3. The maximum Gasteiger partial charge on any atom is 0.308 e.